The SMILES string of the molecule is COc1ccccc1N(C)C(CO)CCO. The van der Waals surface area contributed by atoms with Gasteiger partial charge in [0.05, 0.1) is 25.4 Å². The molecule has 0 saturated heterocycles. The Morgan fingerprint density at radius 2 is 2.00 bits per heavy atom. The van der Waals surface area contributed by atoms with E-state index < -0.39 is 0 Å². The molecule has 0 radical (unpaired) electrons. The molecule has 4 heteroatoms. The van der Waals surface area contributed by atoms with E-state index in [4.69, 9.17) is 9.84 Å². The molecule has 16 heavy (non-hydrogen) atoms. The molecule has 1 atom stereocenters. The number of benzene rings is 1. The molecule has 0 bridgehead atoms. The molecule has 0 amide bonds. The highest BCUT2D eigenvalue weighted by atomic mass is 16.5. The standard InChI is InChI=1S/C12H19NO3/c1-13(10(9-15)7-8-14)11-5-3-4-6-12(11)16-2/h3-6,10,14-15H,7-9H2,1-2H3. The third-order valence-corrected chi connectivity index (χ3v) is 2.69. The number of aliphatic hydroxyl groups is 2. The Morgan fingerprint density at radius 1 is 1.31 bits per heavy atom. The van der Waals surface area contributed by atoms with Crippen molar-refractivity contribution in [1.82, 2.24) is 0 Å². The number of hydrogen-bond donors (Lipinski definition) is 2. The summed E-state index contributed by atoms with van der Waals surface area (Å²) in [5, 5.41) is 18.2. The van der Waals surface area contributed by atoms with Gasteiger partial charge in [-0.25, -0.2) is 0 Å². The minimum atomic E-state index is -0.0960. The Kier molecular flexibility index (Phi) is 5.08. The lowest BCUT2D eigenvalue weighted by Gasteiger charge is -2.29. The molecule has 2 N–H and O–H groups in total. The summed E-state index contributed by atoms with van der Waals surface area (Å²) in [7, 11) is 3.50. The van der Waals surface area contributed by atoms with Crippen molar-refractivity contribution in [1.29, 1.82) is 0 Å². The van der Waals surface area contributed by atoms with Crippen molar-refractivity contribution in [2.24, 2.45) is 0 Å². The zero-order chi connectivity index (χ0) is 12.0. The fraction of sp³-hybridized carbons (Fsp3) is 0.500. The number of para-hydroxylation sites is 2. The maximum absolute atomic E-state index is 9.26. The first-order valence-corrected chi connectivity index (χ1v) is 5.32. The number of methoxy groups -OCH3 is 1. The van der Waals surface area contributed by atoms with Crippen LogP contribution in [0.3, 0.4) is 0 Å². The molecule has 0 spiro atoms. The predicted molar refractivity (Wildman–Crippen MR) is 64.0 cm³/mol. The van der Waals surface area contributed by atoms with Crippen LogP contribution in [0.5, 0.6) is 5.75 Å². The molecule has 0 heterocycles. The molecule has 0 aliphatic rings. The number of likely N-dealkylation sites (N-methyl/N-ethyl adjacent to an activating group) is 1. The molecule has 4 nitrogen and oxygen atoms in total. The molecule has 0 saturated carbocycles. The molecule has 0 fully saturated rings. The van der Waals surface area contributed by atoms with Crippen LogP contribution >= 0.6 is 0 Å². The monoisotopic (exact) mass is 225 g/mol. The summed E-state index contributed by atoms with van der Waals surface area (Å²) in [6.07, 6.45) is 0.533. The van der Waals surface area contributed by atoms with Crippen LogP contribution in [0.4, 0.5) is 5.69 Å². The summed E-state index contributed by atoms with van der Waals surface area (Å²) < 4.78 is 5.25. The van der Waals surface area contributed by atoms with Gasteiger partial charge < -0.3 is 19.8 Å². The van der Waals surface area contributed by atoms with Crippen molar-refractivity contribution in [2.75, 3.05) is 32.3 Å². The summed E-state index contributed by atoms with van der Waals surface area (Å²) in [6.45, 7) is 0.0693. The molecular weight excluding hydrogens is 206 g/mol. The Bertz CT molecular complexity index is 317. The average molecular weight is 225 g/mol. The van der Waals surface area contributed by atoms with Crippen LogP contribution in [0.15, 0.2) is 24.3 Å². The lowest BCUT2D eigenvalue weighted by molar-refractivity contribution is 0.217. The van der Waals surface area contributed by atoms with Gasteiger partial charge in [-0.2, -0.15) is 0 Å². The van der Waals surface area contributed by atoms with Gasteiger partial charge in [0.2, 0.25) is 0 Å². The van der Waals surface area contributed by atoms with Gasteiger partial charge in [-0.1, -0.05) is 12.1 Å². The first-order chi connectivity index (χ1) is 7.74. The molecule has 90 valence electrons. The van der Waals surface area contributed by atoms with Crippen LogP contribution in [-0.2, 0) is 0 Å². The molecule has 1 aromatic rings. The van der Waals surface area contributed by atoms with Crippen LogP contribution < -0.4 is 9.64 Å². The highest BCUT2D eigenvalue weighted by Crippen LogP contribution is 2.28. The molecule has 1 unspecified atom stereocenters. The zero-order valence-corrected chi connectivity index (χ0v) is 9.76. The van der Waals surface area contributed by atoms with E-state index in [-0.39, 0.29) is 19.3 Å². The van der Waals surface area contributed by atoms with Crippen molar-refractivity contribution in [3.05, 3.63) is 24.3 Å². The Labute approximate surface area is 96.1 Å². The van der Waals surface area contributed by atoms with Crippen molar-refractivity contribution in [2.45, 2.75) is 12.5 Å². The van der Waals surface area contributed by atoms with Crippen LogP contribution in [0.2, 0.25) is 0 Å². The van der Waals surface area contributed by atoms with Gasteiger partial charge in [-0.15, -0.1) is 0 Å². The van der Waals surface area contributed by atoms with E-state index in [1.807, 2.05) is 36.2 Å². The summed E-state index contributed by atoms with van der Waals surface area (Å²) in [5.74, 6) is 0.765. The van der Waals surface area contributed by atoms with Crippen molar-refractivity contribution in [3.63, 3.8) is 0 Å². The number of aliphatic hydroxyl groups excluding tert-OH is 2. The van der Waals surface area contributed by atoms with Crippen LogP contribution in [-0.4, -0.2) is 43.6 Å². The number of ether oxygens (including phenoxy) is 1. The predicted octanol–water partition coefficient (Wildman–Crippen LogP) is 0.875. The average Bonchev–Trinajstić information content (AvgIpc) is 2.35. The Hall–Kier alpha value is -1.26. The molecule has 0 aromatic heterocycles. The fourth-order valence-electron chi connectivity index (χ4n) is 1.67. The van der Waals surface area contributed by atoms with E-state index in [0.717, 1.165) is 11.4 Å². The molecule has 1 aromatic carbocycles. The van der Waals surface area contributed by atoms with Crippen LogP contribution in [0.25, 0.3) is 0 Å². The van der Waals surface area contributed by atoms with Crippen LogP contribution in [0.1, 0.15) is 6.42 Å². The van der Waals surface area contributed by atoms with E-state index in [1.165, 1.54) is 0 Å². The number of rotatable bonds is 6. The minimum Gasteiger partial charge on any atom is -0.495 e. The second kappa shape index (κ2) is 6.35. The molecular formula is C12H19NO3. The number of hydrogen-bond acceptors (Lipinski definition) is 4. The minimum absolute atomic E-state index is 0.00904. The fourth-order valence-corrected chi connectivity index (χ4v) is 1.67. The van der Waals surface area contributed by atoms with Crippen molar-refractivity contribution >= 4 is 5.69 Å². The van der Waals surface area contributed by atoms with Crippen molar-refractivity contribution < 1.29 is 14.9 Å². The normalized spacial score (nSPS) is 12.2. The molecule has 0 aliphatic heterocycles. The first kappa shape index (κ1) is 12.8. The zero-order valence-electron chi connectivity index (χ0n) is 9.76. The van der Waals surface area contributed by atoms with Gasteiger partial charge in [-0.3, -0.25) is 0 Å². The third-order valence-electron chi connectivity index (χ3n) is 2.69. The number of anilines is 1. The van der Waals surface area contributed by atoms with Gasteiger partial charge in [-0.05, 0) is 18.6 Å². The van der Waals surface area contributed by atoms with Gasteiger partial charge >= 0.3 is 0 Å². The van der Waals surface area contributed by atoms with Crippen LogP contribution in [0, 0.1) is 0 Å². The second-order valence-electron chi connectivity index (χ2n) is 3.63. The maximum Gasteiger partial charge on any atom is 0.142 e. The van der Waals surface area contributed by atoms with E-state index in [1.54, 1.807) is 7.11 Å². The Morgan fingerprint density at radius 3 is 2.56 bits per heavy atom. The van der Waals surface area contributed by atoms with E-state index in [0.29, 0.717) is 6.42 Å². The summed E-state index contributed by atoms with van der Waals surface area (Å²) in [5.41, 5.74) is 0.914. The largest absolute Gasteiger partial charge is 0.495 e. The Balaban J connectivity index is 2.88. The molecule has 1 rings (SSSR count). The smallest absolute Gasteiger partial charge is 0.142 e. The lowest BCUT2D eigenvalue weighted by Crippen LogP contribution is -2.35. The van der Waals surface area contributed by atoms with Gasteiger partial charge in [0.1, 0.15) is 5.75 Å². The maximum atomic E-state index is 9.26. The van der Waals surface area contributed by atoms with Gasteiger partial charge in [0.15, 0.2) is 0 Å². The van der Waals surface area contributed by atoms with E-state index in [2.05, 4.69) is 0 Å². The highest BCUT2D eigenvalue weighted by molar-refractivity contribution is 5.58. The van der Waals surface area contributed by atoms with Gasteiger partial charge in [0, 0.05) is 13.7 Å². The van der Waals surface area contributed by atoms with E-state index >= 15 is 0 Å². The second-order valence-corrected chi connectivity index (χ2v) is 3.63. The third kappa shape index (κ3) is 2.87. The summed E-state index contributed by atoms with van der Waals surface area (Å²) >= 11 is 0. The van der Waals surface area contributed by atoms with Gasteiger partial charge in [0.25, 0.3) is 0 Å². The topological polar surface area (TPSA) is 52.9 Å². The van der Waals surface area contributed by atoms with Crippen molar-refractivity contribution in [3.8, 4) is 5.75 Å². The highest BCUT2D eigenvalue weighted by Gasteiger charge is 2.16. The van der Waals surface area contributed by atoms with E-state index in [9.17, 15) is 5.11 Å². The lowest BCUT2D eigenvalue weighted by atomic mass is 10.1. The quantitative estimate of drug-likeness (QED) is 0.754. The number of nitrogens with zero attached hydrogens (tertiary/aromatic N) is 1. The first-order valence-electron chi connectivity index (χ1n) is 5.32. The summed E-state index contributed by atoms with van der Waals surface area (Å²) in [6, 6.07) is 7.52. The summed E-state index contributed by atoms with van der Waals surface area (Å²) in [4.78, 5) is 1.93. The molecule has 0 aliphatic carbocycles.